The molecule has 0 bridgehead atoms. The third-order valence-electron chi connectivity index (χ3n) is 5.82. The summed E-state index contributed by atoms with van der Waals surface area (Å²) in [5.41, 5.74) is 4.61. The van der Waals surface area contributed by atoms with E-state index in [2.05, 4.69) is 54.8 Å². The SMILES string of the molecule is Cc1cc(-c2ccc(Cl)cc2)c2sc(-c3ncc(N4CCN(C(C)C)CC4)s3)nc2c1. The first-order chi connectivity index (χ1) is 15.0. The van der Waals surface area contributed by atoms with Crippen LogP contribution >= 0.6 is 34.3 Å². The molecule has 0 aliphatic carbocycles. The number of fused-ring (bicyclic) bond motifs is 1. The van der Waals surface area contributed by atoms with Crippen molar-refractivity contribution in [1.29, 1.82) is 0 Å². The summed E-state index contributed by atoms with van der Waals surface area (Å²) >= 11 is 9.58. The first-order valence-electron chi connectivity index (χ1n) is 10.6. The average Bonchev–Trinajstić information content (AvgIpc) is 3.41. The fraction of sp³-hybridized carbons (Fsp3) is 0.333. The predicted molar refractivity (Wildman–Crippen MR) is 135 cm³/mol. The molecule has 5 rings (SSSR count). The summed E-state index contributed by atoms with van der Waals surface area (Å²) < 4.78 is 1.20. The van der Waals surface area contributed by atoms with Crippen molar-refractivity contribution in [3.8, 4) is 21.1 Å². The van der Waals surface area contributed by atoms with Crippen molar-refractivity contribution in [2.75, 3.05) is 31.1 Å². The lowest BCUT2D eigenvalue weighted by Gasteiger charge is -2.37. The average molecular weight is 469 g/mol. The molecule has 31 heavy (non-hydrogen) atoms. The van der Waals surface area contributed by atoms with E-state index in [-0.39, 0.29) is 0 Å². The normalized spacial score (nSPS) is 15.3. The number of rotatable bonds is 4. The molecule has 160 valence electrons. The fourth-order valence-corrected chi connectivity index (χ4v) is 6.28. The molecule has 4 nitrogen and oxygen atoms in total. The minimum Gasteiger partial charge on any atom is -0.360 e. The second-order valence-electron chi connectivity index (χ2n) is 8.31. The number of anilines is 1. The van der Waals surface area contributed by atoms with Gasteiger partial charge in [-0.1, -0.05) is 35.1 Å². The number of benzene rings is 2. The van der Waals surface area contributed by atoms with Crippen LogP contribution in [0.1, 0.15) is 19.4 Å². The van der Waals surface area contributed by atoms with Crippen LogP contribution < -0.4 is 4.90 Å². The zero-order chi connectivity index (χ0) is 21.5. The van der Waals surface area contributed by atoms with Gasteiger partial charge in [0.2, 0.25) is 0 Å². The van der Waals surface area contributed by atoms with Crippen molar-refractivity contribution in [1.82, 2.24) is 14.9 Å². The van der Waals surface area contributed by atoms with E-state index in [1.54, 1.807) is 22.7 Å². The number of aryl methyl sites for hydroxylation is 1. The number of piperazine rings is 1. The quantitative estimate of drug-likeness (QED) is 0.338. The van der Waals surface area contributed by atoms with Crippen LogP contribution in [0.15, 0.2) is 42.6 Å². The Hall–Kier alpha value is -1.99. The summed E-state index contributed by atoms with van der Waals surface area (Å²) in [5, 5.41) is 3.99. The smallest absolute Gasteiger partial charge is 0.154 e. The summed E-state index contributed by atoms with van der Waals surface area (Å²) in [6, 6.07) is 13.0. The third-order valence-corrected chi connectivity index (χ3v) is 8.38. The highest BCUT2D eigenvalue weighted by Gasteiger charge is 2.21. The first kappa shape index (κ1) is 20.9. The molecule has 0 atom stereocenters. The Labute approximate surface area is 196 Å². The van der Waals surface area contributed by atoms with Crippen LogP contribution in [0.3, 0.4) is 0 Å². The molecule has 1 aliphatic rings. The van der Waals surface area contributed by atoms with Crippen LogP contribution in [0.4, 0.5) is 5.00 Å². The molecule has 3 heterocycles. The molecular weight excluding hydrogens is 444 g/mol. The highest BCUT2D eigenvalue weighted by Crippen LogP contribution is 2.40. The van der Waals surface area contributed by atoms with Gasteiger partial charge in [-0.15, -0.1) is 11.3 Å². The Balaban J connectivity index is 1.45. The zero-order valence-electron chi connectivity index (χ0n) is 17.9. The van der Waals surface area contributed by atoms with E-state index in [1.165, 1.54) is 20.8 Å². The van der Waals surface area contributed by atoms with E-state index in [4.69, 9.17) is 21.6 Å². The molecule has 0 spiro atoms. The van der Waals surface area contributed by atoms with E-state index in [9.17, 15) is 0 Å². The molecule has 1 fully saturated rings. The van der Waals surface area contributed by atoms with Crippen LogP contribution in [0, 0.1) is 6.92 Å². The summed E-state index contributed by atoms with van der Waals surface area (Å²) in [6.07, 6.45) is 2.02. The topological polar surface area (TPSA) is 32.3 Å². The number of thiazole rings is 2. The maximum absolute atomic E-state index is 6.10. The summed E-state index contributed by atoms with van der Waals surface area (Å²) in [7, 11) is 0. The third kappa shape index (κ3) is 4.22. The lowest BCUT2D eigenvalue weighted by Crippen LogP contribution is -2.48. The number of hydrogen-bond acceptors (Lipinski definition) is 6. The van der Waals surface area contributed by atoms with Crippen LogP contribution in [0.25, 0.3) is 31.4 Å². The van der Waals surface area contributed by atoms with Gasteiger partial charge in [0.1, 0.15) is 5.00 Å². The van der Waals surface area contributed by atoms with Crippen molar-refractivity contribution >= 4 is 49.5 Å². The minimum atomic E-state index is 0.611. The molecule has 4 aromatic rings. The highest BCUT2D eigenvalue weighted by atomic mass is 35.5. The molecular formula is C24H25ClN4S2. The Bertz CT molecular complexity index is 1200. The van der Waals surface area contributed by atoms with Crippen molar-refractivity contribution in [2.24, 2.45) is 0 Å². The van der Waals surface area contributed by atoms with E-state index >= 15 is 0 Å². The zero-order valence-corrected chi connectivity index (χ0v) is 20.3. The molecule has 2 aromatic carbocycles. The van der Waals surface area contributed by atoms with Crippen molar-refractivity contribution in [3.63, 3.8) is 0 Å². The number of aromatic nitrogens is 2. The second-order valence-corrected chi connectivity index (χ2v) is 10.8. The van der Waals surface area contributed by atoms with Crippen LogP contribution in [-0.4, -0.2) is 47.1 Å². The lowest BCUT2D eigenvalue weighted by molar-refractivity contribution is 0.209. The van der Waals surface area contributed by atoms with Gasteiger partial charge in [0, 0.05) is 42.8 Å². The molecule has 7 heteroatoms. The van der Waals surface area contributed by atoms with Gasteiger partial charge in [-0.05, 0) is 56.2 Å². The Kier molecular flexibility index (Phi) is 5.73. The maximum atomic E-state index is 6.10. The second kappa shape index (κ2) is 8.51. The van der Waals surface area contributed by atoms with Crippen molar-refractivity contribution in [2.45, 2.75) is 26.8 Å². The van der Waals surface area contributed by atoms with Gasteiger partial charge in [-0.2, -0.15) is 0 Å². The monoisotopic (exact) mass is 468 g/mol. The van der Waals surface area contributed by atoms with Gasteiger partial charge < -0.3 is 4.90 Å². The molecule has 0 N–H and O–H groups in total. The van der Waals surface area contributed by atoms with Crippen LogP contribution in [-0.2, 0) is 0 Å². The Morgan fingerprint density at radius 2 is 1.71 bits per heavy atom. The standard InChI is InChI=1S/C24H25ClN4S2/c1-15(2)28-8-10-29(11-9-28)21-14-26-23(30-21)24-27-20-13-16(3)12-19(22(20)31-24)17-4-6-18(25)7-5-17/h4-7,12-15H,8-11H2,1-3H3. The van der Waals surface area contributed by atoms with E-state index in [0.717, 1.165) is 52.3 Å². The van der Waals surface area contributed by atoms with E-state index in [0.29, 0.717) is 6.04 Å². The van der Waals surface area contributed by atoms with Gasteiger partial charge in [0.25, 0.3) is 0 Å². The van der Waals surface area contributed by atoms with Crippen molar-refractivity contribution in [3.05, 3.63) is 53.2 Å². The fourth-order valence-electron chi connectivity index (χ4n) is 4.08. The lowest BCUT2D eigenvalue weighted by atomic mass is 10.0. The predicted octanol–water partition coefficient (Wildman–Crippen LogP) is 6.58. The number of nitrogens with zero attached hydrogens (tertiary/aromatic N) is 4. The maximum Gasteiger partial charge on any atom is 0.154 e. The summed E-state index contributed by atoms with van der Waals surface area (Å²) in [5.74, 6) is 0. The molecule has 1 aliphatic heterocycles. The molecule has 2 aromatic heterocycles. The highest BCUT2D eigenvalue weighted by molar-refractivity contribution is 7.26. The van der Waals surface area contributed by atoms with E-state index in [1.807, 2.05) is 18.3 Å². The Morgan fingerprint density at radius 1 is 0.968 bits per heavy atom. The number of halogens is 1. The van der Waals surface area contributed by atoms with Gasteiger partial charge in [0.15, 0.2) is 10.0 Å². The molecule has 0 saturated carbocycles. The minimum absolute atomic E-state index is 0.611. The molecule has 0 unspecified atom stereocenters. The van der Waals surface area contributed by atoms with Crippen LogP contribution in [0.5, 0.6) is 0 Å². The van der Waals surface area contributed by atoms with Gasteiger partial charge in [-0.25, -0.2) is 9.97 Å². The number of hydrogen-bond donors (Lipinski definition) is 0. The van der Waals surface area contributed by atoms with E-state index < -0.39 is 0 Å². The Morgan fingerprint density at radius 3 is 2.42 bits per heavy atom. The van der Waals surface area contributed by atoms with Crippen LogP contribution in [0.2, 0.25) is 5.02 Å². The van der Waals surface area contributed by atoms with Gasteiger partial charge in [-0.3, -0.25) is 4.90 Å². The largest absolute Gasteiger partial charge is 0.360 e. The summed E-state index contributed by atoms with van der Waals surface area (Å²) in [6.45, 7) is 11.0. The molecule has 0 amide bonds. The molecule has 1 saturated heterocycles. The van der Waals surface area contributed by atoms with Gasteiger partial charge in [0.05, 0.1) is 16.4 Å². The first-order valence-corrected chi connectivity index (χ1v) is 12.6. The summed E-state index contributed by atoms with van der Waals surface area (Å²) in [4.78, 5) is 14.7. The molecule has 0 radical (unpaired) electrons. The van der Waals surface area contributed by atoms with Gasteiger partial charge >= 0.3 is 0 Å². The van der Waals surface area contributed by atoms with Crippen molar-refractivity contribution < 1.29 is 0 Å².